The van der Waals surface area contributed by atoms with Gasteiger partial charge in [0.2, 0.25) is 17.7 Å². The van der Waals surface area contributed by atoms with Crippen LogP contribution in [0.3, 0.4) is 0 Å². The van der Waals surface area contributed by atoms with Crippen LogP contribution in [0.1, 0.15) is 78.4 Å². The fourth-order valence-corrected chi connectivity index (χ4v) is 7.80. The maximum absolute atomic E-state index is 14.8. The van der Waals surface area contributed by atoms with Crippen LogP contribution in [0.2, 0.25) is 0 Å². The van der Waals surface area contributed by atoms with Gasteiger partial charge in [0.15, 0.2) is 0 Å². The summed E-state index contributed by atoms with van der Waals surface area (Å²) in [6, 6.07) is 6.89. The van der Waals surface area contributed by atoms with Crippen molar-refractivity contribution >= 4 is 23.7 Å². The number of hydrogen-bond acceptors (Lipinski definition) is 7. The maximum atomic E-state index is 14.8. The fraction of sp³-hybridized carbons (Fsp3) is 0.611. The molecule has 5 rings (SSSR count). The van der Waals surface area contributed by atoms with Crippen molar-refractivity contribution in [1.29, 1.82) is 0 Å². The highest BCUT2D eigenvalue weighted by Crippen LogP contribution is 2.54. The molecule has 0 saturated carbocycles. The van der Waals surface area contributed by atoms with Crippen LogP contribution in [0, 0.1) is 17.8 Å². The number of esters is 1. The van der Waals surface area contributed by atoms with Crippen molar-refractivity contribution in [1.82, 2.24) is 15.1 Å². The van der Waals surface area contributed by atoms with Crippen LogP contribution < -0.4 is 5.32 Å². The lowest BCUT2D eigenvalue weighted by molar-refractivity contribution is -0.162. The SMILES string of the molecule is CCCC(C)N1CC=C[C@@]23O[C@H]4/C=C\CCC(=O)N[C@@H](C)[C@H](c5ccccc5)OC(=O)[C@H]4[C@@H]2C(=O)N([C@@H](CO)[C@@H](C)CC)[C@H]3C1=O. The van der Waals surface area contributed by atoms with Gasteiger partial charge in [-0.25, -0.2) is 0 Å². The first-order valence-corrected chi connectivity index (χ1v) is 16.9. The topological polar surface area (TPSA) is 125 Å². The van der Waals surface area contributed by atoms with Crippen molar-refractivity contribution in [3.63, 3.8) is 0 Å². The van der Waals surface area contributed by atoms with Crippen LogP contribution in [0.4, 0.5) is 0 Å². The van der Waals surface area contributed by atoms with E-state index >= 15 is 0 Å². The fourth-order valence-electron chi connectivity index (χ4n) is 7.80. The Morgan fingerprint density at radius 3 is 2.48 bits per heavy atom. The van der Waals surface area contributed by atoms with E-state index in [-0.39, 0.29) is 36.8 Å². The lowest BCUT2D eigenvalue weighted by Crippen LogP contribution is -2.60. The van der Waals surface area contributed by atoms with E-state index in [9.17, 15) is 24.3 Å². The third-order valence-corrected chi connectivity index (χ3v) is 10.4. The molecule has 3 amide bonds. The number of benzene rings is 1. The third kappa shape index (κ3) is 6.01. The molecule has 0 radical (unpaired) electrons. The predicted octanol–water partition coefficient (Wildman–Crippen LogP) is 3.70. The number of rotatable bonds is 8. The molecule has 1 unspecified atom stereocenters. The summed E-state index contributed by atoms with van der Waals surface area (Å²) in [6.07, 6.45) is 8.55. The van der Waals surface area contributed by atoms with Gasteiger partial charge in [0.05, 0.1) is 30.7 Å². The molecule has 250 valence electrons. The zero-order valence-corrected chi connectivity index (χ0v) is 27.6. The first-order chi connectivity index (χ1) is 22.1. The summed E-state index contributed by atoms with van der Waals surface area (Å²) in [6.45, 7) is 9.84. The molecule has 2 N–H and O–H groups in total. The number of nitrogens with one attached hydrogen (secondary N) is 1. The van der Waals surface area contributed by atoms with Crippen LogP contribution in [-0.4, -0.2) is 87.6 Å². The minimum atomic E-state index is -1.45. The molecule has 1 aromatic carbocycles. The van der Waals surface area contributed by atoms with Gasteiger partial charge in [-0.3, -0.25) is 19.2 Å². The maximum Gasteiger partial charge on any atom is 0.313 e. The number of likely N-dealkylation sites (tertiary alicyclic amines) is 1. The van der Waals surface area contributed by atoms with E-state index in [0.29, 0.717) is 24.9 Å². The normalized spacial score (nSPS) is 34.2. The number of aliphatic hydroxyl groups is 1. The molecule has 46 heavy (non-hydrogen) atoms. The van der Waals surface area contributed by atoms with E-state index < -0.39 is 59.6 Å². The molecular weight excluding hydrogens is 586 g/mol. The standard InChI is InChI=1S/C36H49N3O7/c1-6-14-23(4)38-20-13-19-36-30(33(42)39(32(36)34(38)43)26(21-40)22(3)7-2)29-27(46-36)17-11-12-18-28(41)37-24(5)31(45-35(29)44)25-15-9-8-10-16-25/h8-11,13,15-17,19,22-24,26-27,29-32,40H,6-7,12,14,18,20-21H2,1-5H3,(H,37,41)/b17-11-/t22-,23?,24-,26-,27-,29+,30+,31+,32-,36+/m0/s1. The summed E-state index contributed by atoms with van der Waals surface area (Å²) < 4.78 is 13.1. The van der Waals surface area contributed by atoms with Gasteiger partial charge in [0.25, 0.3) is 0 Å². The molecule has 4 heterocycles. The van der Waals surface area contributed by atoms with Gasteiger partial charge in [-0.2, -0.15) is 0 Å². The first-order valence-electron chi connectivity index (χ1n) is 16.9. The Morgan fingerprint density at radius 1 is 1.07 bits per heavy atom. The number of amides is 3. The second-order valence-electron chi connectivity index (χ2n) is 13.3. The highest BCUT2D eigenvalue weighted by molar-refractivity contribution is 5.99. The van der Waals surface area contributed by atoms with Crippen molar-refractivity contribution in [3.8, 4) is 0 Å². The Kier molecular flexibility index (Phi) is 10.4. The van der Waals surface area contributed by atoms with E-state index in [0.717, 1.165) is 12.8 Å². The van der Waals surface area contributed by atoms with E-state index in [1.165, 1.54) is 4.90 Å². The van der Waals surface area contributed by atoms with Crippen molar-refractivity contribution in [2.24, 2.45) is 17.8 Å². The molecule has 4 aliphatic heterocycles. The van der Waals surface area contributed by atoms with Crippen LogP contribution in [-0.2, 0) is 28.7 Å². The van der Waals surface area contributed by atoms with Gasteiger partial charge in [-0.15, -0.1) is 0 Å². The number of nitrogens with zero attached hydrogens (tertiary/aromatic N) is 2. The summed E-state index contributed by atoms with van der Waals surface area (Å²) >= 11 is 0. The molecule has 10 atom stereocenters. The monoisotopic (exact) mass is 635 g/mol. The zero-order valence-electron chi connectivity index (χ0n) is 27.6. The molecule has 0 aromatic heterocycles. The van der Waals surface area contributed by atoms with Crippen molar-refractivity contribution < 1.29 is 33.8 Å². The van der Waals surface area contributed by atoms with Crippen molar-refractivity contribution in [2.45, 2.75) is 109 Å². The Morgan fingerprint density at radius 2 is 1.80 bits per heavy atom. The lowest BCUT2D eigenvalue weighted by atomic mass is 9.77. The molecule has 2 fully saturated rings. The predicted molar refractivity (Wildman–Crippen MR) is 172 cm³/mol. The number of allylic oxidation sites excluding steroid dienone is 1. The molecule has 1 spiro atoms. The Labute approximate surface area is 272 Å². The molecule has 0 bridgehead atoms. The number of hydrogen-bond donors (Lipinski definition) is 2. The zero-order chi connectivity index (χ0) is 33.2. The highest BCUT2D eigenvalue weighted by Gasteiger charge is 2.73. The van der Waals surface area contributed by atoms with E-state index in [4.69, 9.17) is 9.47 Å². The molecule has 4 aliphatic rings. The van der Waals surface area contributed by atoms with Crippen LogP contribution >= 0.6 is 0 Å². The number of carbonyl (C=O) groups is 4. The molecule has 10 heteroatoms. The van der Waals surface area contributed by atoms with Crippen LogP contribution in [0.15, 0.2) is 54.6 Å². The Balaban J connectivity index is 1.64. The molecule has 2 saturated heterocycles. The van der Waals surface area contributed by atoms with Gasteiger partial charge >= 0.3 is 5.97 Å². The van der Waals surface area contributed by atoms with Crippen LogP contribution in [0.5, 0.6) is 0 Å². The summed E-state index contributed by atoms with van der Waals surface area (Å²) in [5, 5.41) is 13.6. The second kappa shape index (κ2) is 14.1. The molecule has 1 aromatic rings. The highest BCUT2D eigenvalue weighted by atomic mass is 16.6. The van der Waals surface area contributed by atoms with Gasteiger partial charge < -0.3 is 29.7 Å². The number of aliphatic hydroxyl groups excluding tert-OH is 1. The number of fused-ring (bicyclic) bond motifs is 2. The van der Waals surface area contributed by atoms with E-state index in [1.54, 1.807) is 24.0 Å². The number of carbonyl (C=O) groups excluding carboxylic acids is 4. The van der Waals surface area contributed by atoms with E-state index in [2.05, 4.69) is 12.2 Å². The number of ether oxygens (including phenoxy) is 2. The Hall–Kier alpha value is -3.50. The third-order valence-electron chi connectivity index (χ3n) is 10.4. The van der Waals surface area contributed by atoms with Crippen molar-refractivity contribution in [2.75, 3.05) is 13.2 Å². The first kappa shape index (κ1) is 33.9. The van der Waals surface area contributed by atoms with Gasteiger partial charge in [0.1, 0.15) is 23.7 Å². The van der Waals surface area contributed by atoms with Gasteiger partial charge in [-0.1, -0.05) is 88.2 Å². The summed E-state index contributed by atoms with van der Waals surface area (Å²) in [5.41, 5.74) is -0.739. The molecule has 10 nitrogen and oxygen atoms in total. The van der Waals surface area contributed by atoms with Gasteiger partial charge in [-0.05, 0) is 38.2 Å². The minimum Gasteiger partial charge on any atom is -0.455 e. The quantitative estimate of drug-likeness (QED) is 0.330. The summed E-state index contributed by atoms with van der Waals surface area (Å²) in [4.78, 5) is 60.0. The largest absolute Gasteiger partial charge is 0.455 e. The Bertz CT molecular complexity index is 1350. The minimum absolute atomic E-state index is 0.0814. The second-order valence-corrected chi connectivity index (χ2v) is 13.3. The smallest absolute Gasteiger partial charge is 0.313 e. The van der Waals surface area contributed by atoms with Gasteiger partial charge in [0, 0.05) is 19.0 Å². The van der Waals surface area contributed by atoms with E-state index in [1.807, 2.05) is 63.3 Å². The average molecular weight is 636 g/mol. The number of cyclic esters (lactones) is 1. The summed E-state index contributed by atoms with van der Waals surface area (Å²) in [7, 11) is 0. The average Bonchev–Trinajstić information content (AvgIpc) is 3.42. The molecular formula is C36H49N3O7. The summed E-state index contributed by atoms with van der Waals surface area (Å²) in [5.74, 6) is -3.66. The lowest BCUT2D eigenvalue weighted by Gasteiger charge is -2.41. The molecule has 0 aliphatic carbocycles. The van der Waals surface area contributed by atoms with Crippen molar-refractivity contribution in [3.05, 3.63) is 60.2 Å². The van der Waals surface area contributed by atoms with Crippen LogP contribution in [0.25, 0.3) is 0 Å².